The molecule has 1 aromatic heterocycles. The molecule has 1 N–H and O–H groups in total. The van der Waals surface area contributed by atoms with E-state index < -0.39 is 0 Å². The van der Waals surface area contributed by atoms with Crippen LogP contribution in [0, 0.1) is 5.92 Å². The number of nitrogens with one attached hydrogen (secondary N) is 1. The fraction of sp³-hybridized carbons (Fsp3) is 0.824. The highest BCUT2D eigenvalue weighted by Gasteiger charge is 2.26. The molecule has 0 aliphatic carbocycles. The lowest BCUT2D eigenvalue weighted by molar-refractivity contribution is 0.299. The van der Waals surface area contributed by atoms with Crippen molar-refractivity contribution in [3.8, 4) is 0 Å². The summed E-state index contributed by atoms with van der Waals surface area (Å²) in [7, 11) is 0. The van der Waals surface area contributed by atoms with Gasteiger partial charge in [0, 0.05) is 6.54 Å². The predicted molar refractivity (Wildman–Crippen MR) is 94.6 cm³/mol. The van der Waals surface area contributed by atoms with Crippen LogP contribution in [0.4, 0.5) is 0 Å². The first-order valence-corrected chi connectivity index (χ1v) is 9.43. The normalized spacial score (nSPS) is 13.0. The lowest BCUT2D eigenvalue weighted by Crippen LogP contribution is -2.31. The van der Waals surface area contributed by atoms with Gasteiger partial charge >= 0.3 is 0 Å². The highest BCUT2D eigenvalue weighted by Crippen LogP contribution is 2.34. The largest absolute Gasteiger partial charge is 0.308 e. The molecule has 0 aliphatic heterocycles. The Hall–Kier alpha value is -0.350. The third kappa shape index (κ3) is 5.41. The van der Waals surface area contributed by atoms with Gasteiger partial charge in [0.05, 0.1) is 22.4 Å². The molecule has 0 bridgehead atoms. The van der Waals surface area contributed by atoms with Crippen molar-refractivity contribution in [3.05, 3.63) is 16.4 Å². The lowest BCUT2D eigenvalue weighted by atomic mass is 9.88. The van der Waals surface area contributed by atoms with E-state index in [4.69, 9.17) is 0 Å². The van der Waals surface area contributed by atoms with Gasteiger partial charge in [-0.05, 0) is 54.1 Å². The molecular formula is C17H32BrN3. The van der Waals surface area contributed by atoms with Gasteiger partial charge in [-0.2, -0.15) is 5.10 Å². The van der Waals surface area contributed by atoms with E-state index in [1.807, 2.05) is 6.20 Å². The number of hydrogen-bond donors (Lipinski definition) is 1. The molecule has 0 aromatic carbocycles. The highest BCUT2D eigenvalue weighted by atomic mass is 79.9. The Labute approximate surface area is 139 Å². The highest BCUT2D eigenvalue weighted by molar-refractivity contribution is 9.10. The molecule has 1 aromatic rings. The molecule has 1 heterocycles. The molecule has 0 saturated carbocycles. The van der Waals surface area contributed by atoms with E-state index in [-0.39, 0.29) is 0 Å². The minimum Gasteiger partial charge on any atom is -0.308 e. The van der Waals surface area contributed by atoms with E-state index in [1.54, 1.807) is 0 Å². The van der Waals surface area contributed by atoms with Crippen LogP contribution in [0.15, 0.2) is 10.7 Å². The van der Waals surface area contributed by atoms with E-state index in [1.165, 1.54) is 37.8 Å². The first-order chi connectivity index (χ1) is 10.2. The van der Waals surface area contributed by atoms with Gasteiger partial charge in [-0.25, -0.2) is 0 Å². The van der Waals surface area contributed by atoms with Gasteiger partial charge in [-0.3, -0.25) is 4.68 Å². The summed E-state index contributed by atoms with van der Waals surface area (Å²) < 4.78 is 3.34. The maximum atomic E-state index is 4.57. The number of rotatable bonds is 11. The summed E-state index contributed by atoms with van der Waals surface area (Å²) >= 11 is 3.73. The van der Waals surface area contributed by atoms with Gasteiger partial charge in [0.1, 0.15) is 0 Å². The van der Waals surface area contributed by atoms with Gasteiger partial charge in [0.15, 0.2) is 0 Å². The van der Waals surface area contributed by atoms with Gasteiger partial charge < -0.3 is 5.32 Å². The van der Waals surface area contributed by atoms with Crippen LogP contribution in [0.25, 0.3) is 0 Å². The van der Waals surface area contributed by atoms with Crippen LogP contribution in [0.5, 0.6) is 0 Å². The van der Waals surface area contributed by atoms with E-state index in [2.05, 4.69) is 58.7 Å². The van der Waals surface area contributed by atoms with Gasteiger partial charge in [0.2, 0.25) is 0 Å². The van der Waals surface area contributed by atoms with Crippen LogP contribution in [-0.4, -0.2) is 16.3 Å². The van der Waals surface area contributed by atoms with Crippen LogP contribution < -0.4 is 5.32 Å². The van der Waals surface area contributed by atoms with Crippen molar-refractivity contribution in [1.82, 2.24) is 15.1 Å². The zero-order valence-electron chi connectivity index (χ0n) is 14.2. The Kier molecular flexibility index (Phi) is 9.25. The van der Waals surface area contributed by atoms with E-state index >= 15 is 0 Å². The third-order valence-corrected chi connectivity index (χ3v) is 4.58. The Bertz CT molecular complexity index is 383. The third-order valence-electron chi connectivity index (χ3n) is 3.97. The minimum atomic E-state index is 0.410. The number of nitrogens with zero attached hydrogens (tertiary/aromatic N) is 2. The topological polar surface area (TPSA) is 29.9 Å². The fourth-order valence-corrected chi connectivity index (χ4v) is 3.62. The monoisotopic (exact) mass is 357 g/mol. The van der Waals surface area contributed by atoms with Gasteiger partial charge in [-0.1, -0.05) is 40.5 Å². The molecule has 1 unspecified atom stereocenters. The molecule has 1 rings (SSSR count). The van der Waals surface area contributed by atoms with Crippen LogP contribution >= 0.6 is 15.9 Å². The molecule has 3 nitrogen and oxygen atoms in total. The molecule has 4 heteroatoms. The SMILES string of the molecule is CCCNC(c1c(Br)cnn1CCC)C(CCC)CCC. The zero-order chi connectivity index (χ0) is 15.7. The summed E-state index contributed by atoms with van der Waals surface area (Å²) in [5, 5.41) is 8.36. The molecule has 0 aliphatic rings. The molecule has 0 spiro atoms. The van der Waals surface area contributed by atoms with Crippen molar-refractivity contribution < 1.29 is 0 Å². The number of hydrogen-bond acceptors (Lipinski definition) is 2. The standard InChI is InChI=1S/C17H32BrN3/c1-5-9-14(10-6-2)16(19-11-7-3)17-15(18)13-20-21(17)12-8-4/h13-14,16,19H,5-12H2,1-4H3. The first-order valence-electron chi connectivity index (χ1n) is 8.63. The second-order valence-corrected chi connectivity index (χ2v) is 6.72. The summed E-state index contributed by atoms with van der Waals surface area (Å²) in [6.45, 7) is 11.1. The van der Waals surface area contributed by atoms with Gasteiger partial charge in [-0.15, -0.1) is 0 Å². The maximum Gasteiger partial charge on any atom is 0.0698 e. The van der Waals surface area contributed by atoms with Crippen LogP contribution in [0.3, 0.4) is 0 Å². The number of aryl methyl sites for hydroxylation is 1. The number of aromatic nitrogens is 2. The summed E-state index contributed by atoms with van der Waals surface area (Å²) in [4.78, 5) is 0. The summed E-state index contributed by atoms with van der Waals surface area (Å²) in [6, 6.07) is 0.410. The molecule has 0 saturated heterocycles. The van der Waals surface area contributed by atoms with E-state index in [0.717, 1.165) is 24.0 Å². The second-order valence-electron chi connectivity index (χ2n) is 5.87. The minimum absolute atomic E-state index is 0.410. The smallest absolute Gasteiger partial charge is 0.0698 e. The number of halogens is 1. The Morgan fingerprint density at radius 3 is 2.29 bits per heavy atom. The molecule has 1 atom stereocenters. The van der Waals surface area contributed by atoms with Gasteiger partial charge in [0.25, 0.3) is 0 Å². The van der Waals surface area contributed by atoms with Crippen molar-refractivity contribution in [1.29, 1.82) is 0 Å². The average Bonchev–Trinajstić information content (AvgIpc) is 2.82. The fourth-order valence-electron chi connectivity index (χ4n) is 3.08. The van der Waals surface area contributed by atoms with Crippen molar-refractivity contribution >= 4 is 15.9 Å². The quantitative estimate of drug-likeness (QED) is 0.581. The Morgan fingerprint density at radius 2 is 1.76 bits per heavy atom. The average molecular weight is 358 g/mol. The summed E-state index contributed by atoms with van der Waals surface area (Å²) in [5.74, 6) is 0.690. The lowest BCUT2D eigenvalue weighted by Gasteiger charge is -2.29. The molecule has 0 amide bonds. The molecule has 21 heavy (non-hydrogen) atoms. The Morgan fingerprint density at radius 1 is 1.10 bits per heavy atom. The van der Waals surface area contributed by atoms with Crippen LogP contribution in [0.1, 0.15) is 78.0 Å². The molecular weight excluding hydrogens is 326 g/mol. The Balaban J connectivity index is 3.06. The zero-order valence-corrected chi connectivity index (χ0v) is 15.7. The molecule has 0 fully saturated rings. The maximum absolute atomic E-state index is 4.57. The van der Waals surface area contributed by atoms with Crippen LogP contribution in [-0.2, 0) is 6.54 Å². The van der Waals surface area contributed by atoms with Crippen molar-refractivity contribution in [3.63, 3.8) is 0 Å². The first kappa shape index (κ1) is 18.7. The predicted octanol–water partition coefficient (Wildman–Crippen LogP) is 5.31. The van der Waals surface area contributed by atoms with E-state index in [0.29, 0.717) is 12.0 Å². The van der Waals surface area contributed by atoms with Crippen molar-refractivity contribution in [2.45, 2.75) is 78.8 Å². The molecule has 0 radical (unpaired) electrons. The van der Waals surface area contributed by atoms with Crippen molar-refractivity contribution in [2.75, 3.05) is 6.54 Å². The van der Waals surface area contributed by atoms with Crippen molar-refractivity contribution in [2.24, 2.45) is 5.92 Å². The summed E-state index contributed by atoms with van der Waals surface area (Å²) in [5.41, 5.74) is 1.34. The summed E-state index contributed by atoms with van der Waals surface area (Å²) in [6.07, 6.45) is 9.29. The molecule has 122 valence electrons. The van der Waals surface area contributed by atoms with Crippen LogP contribution in [0.2, 0.25) is 0 Å². The second kappa shape index (κ2) is 10.4. The van der Waals surface area contributed by atoms with E-state index in [9.17, 15) is 0 Å².